The van der Waals surface area contributed by atoms with Crippen LogP contribution in [0.4, 0.5) is 19.0 Å². The Hall–Kier alpha value is -3.50. The summed E-state index contributed by atoms with van der Waals surface area (Å²) in [6.45, 7) is 6.01. The van der Waals surface area contributed by atoms with E-state index < -0.39 is 23.1 Å². The molecule has 226 valence electrons. The molecule has 0 radical (unpaired) electrons. The molecular weight excluding hydrogens is 555 g/mol. The van der Waals surface area contributed by atoms with E-state index in [4.69, 9.17) is 9.72 Å². The molecule has 3 aliphatic rings. The summed E-state index contributed by atoms with van der Waals surface area (Å²) in [7, 11) is 0. The second-order valence-electron chi connectivity index (χ2n) is 12.7. The maximum atomic E-state index is 16.7. The lowest BCUT2D eigenvalue weighted by atomic mass is 9.94. The molecule has 1 unspecified atom stereocenters. The molecule has 0 spiro atoms. The smallest absolute Gasteiger partial charge is 0.319 e. The fourth-order valence-corrected chi connectivity index (χ4v) is 7.54. The van der Waals surface area contributed by atoms with E-state index in [2.05, 4.69) is 14.9 Å². The quantitative estimate of drug-likeness (QED) is 0.295. The Morgan fingerprint density at radius 2 is 1.93 bits per heavy atom. The SMILES string of the molecule is CCc1c(F)ccc2cccc(-c3ncc4c(N5CCC[C@@](C)(O)C5)nc(OCC56CCCN5C[C@H](F)C6)nc4c3F)c12. The van der Waals surface area contributed by atoms with Crippen molar-refractivity contribution in [2.24, 2.45) is 0 Å². The largest absolute Gasteiger partial charge is 0.461 e. The maximum absolute atomic E-state index is 16.7. The fourth-order valence-electron chi connectivity index (χ4n) is 7.54. The number of fused-ring (bicyclic) bond motifs is 3. The number of hydrogen-bond donors (Lipinski definition) is 1. The van der Waals surface area contributed by atoms with Crippen LogP contribution in [0.25, 0.3) is 32.9 Å². The number of ether oxygens (including phenoxy) is 1. The zero-order valence-corrected chi connectivity index (χ0v) is 24.5. The molecule has 0 bridgehead atoms. The van der Waals surface area contributed by atoms with E-state index in [1.807, 2.05) is 24.0 Å². The topological polar surface area (TPSA) is 74.6 Å². The van der Waals surface area contributed by atoms with Gasteiger partial charge in [0.05, 0.1) is 16.5 Å². The van der Waals surface area contributed by atoms with Crippen LogP contribution >= 0.6 is 0 Å². The number of piperidine rings is 1. The van der Waals surface area contributed by atoms with Gasteiger partial charge in [-0.2, -0.15) is 9.97 Å². The van der Waals surface area contributed by atoms with Crippen molar-refractivity contribution in [3.05, 3.63) is 53.7 Å². The van der Waals surface area contributed by atoms with E-state index in [9.17, 15) is 13.9 Å². The highest BCUT2D eigenvalue weighted by atomic mass is 19.1. The summed E-state index contributed by atoms with van der Waals surface area (Å²) in [5.74, 6) is -0.561. The van der Waals surface area contributed by atoms with Crippen LogP contribution in [0.1, 0.15) is 51.5 Å². The number of hydrogen-bond acceptors (Lipinski definition) is 7. The highest BCUT2D eigenvalue weighted by Gasteiger charge is 2.49. The minimum atomic E-state index is -0.935. The predicted octanol–water partition coefficient (Wildman–Crippen LogP) is 5.99. The first-order valence-electron chi connectivity index (χ1n) is 15.2. The van der Waals surface area contributed by atoms with Crippen LogP contribution in [0.2, 0.25) is 0 Å². The van der Waals surface area contributed by atoms with Crippen LogP contribution in [0.3, 0.4) is 0 Å². The molecule has 7 nitrogen and oxygen atoms in total. The molecule has 3 aliphatic heterocycles. The van der Waals surface area contributed by atoms with Gasteiger partial charge in [0.2, 0.25) is 0 Å². The first kappa shape index (κ1) is 28.3. The van der Waals surface area contributed by atoms with Crippen LogP contribution < -0.4 is 9.64 Å². The molecule has 3 saturated heterocycles. The number of aromatic nitrogens is 3. The molecule has 43 heavy (non-hydrogen) atoms. The van der Waals surface area contributed by atoms with Gasteiger partial charge in [-0.1, -0.05) is 31.2 Å². The third-order valence-electron chi connectivity index (χ3n) is 9.55. The molecule has 3 fully saturated rings. The third-order valence-corrected chi connectivity index (χ3v) is 9.55. The van der Waals surface area contributed by atoms with Crippen LogP contribution in [-0.4, -0.2) is 75.1 Å². The van der Waals surface area contributed by atoms with Gasteiger partial charge in [0.1, 0.15) is 35.6 Å². The first-order chi connectivity index (χ1) is 20.7. The summed E-state index contributed by atoms with van der Waals surface area (Å²) < 4.78 is 52.2. The Morgan fingerprint density at radius 1 is 1.09 bits per heavy atom. The van der Waals surface area contributed by atoms with Crippen molar-refractivity contribution in [1.82, 2.24) is 19.9 Å². The summed E-state index contributed by atoms with van der Waals surface area (Å²) in [4.78, 5) is 17.9. The van der Waals surface area contributed by atoms with Crippen LogP contribution in [0.15, 0.2) is 36.5 Å². The lowest BCUT2D eigenvalue weighted by Gasteiger charge is -2.38. The van der Waals surface area contributed by atoms with E-state index in [1.165, 1.54) is 6.07 Å². The summed E-state index contributed by atoms with van der Waals surface area (Å²) >= 11 is 0. The van der Waals surface area contributed by atoms with Gasteiger partial charge in [-0.25, -0.2) is 13.2 Å². The van der Waals surface area contributed by atoms with Gasteiger partial charge in [-0.15, -0.1) is 0 Å². The number of benzene rings is 2. The van der Waals surface area contributed by atoms with Crippen molar-refractivity contribution in [2.75, 3.05) is 37.7 Å². The Kier molecular flexibility index (Phi) is 6.97. The fraction of sp³-hybridized carbons (Fsp3) is 0.485. The molecule has 4 aromatic rings. The highest BCUT2D eigenvalue weighted by Crippen LogP contribution is 2.41. The Labute approximate surface area is 248 Å². The maximum Gasteiger partial charge on any atom is 0.319 e. The van der Waals surface area contributed by atoms with Crippen molar-refractivity contribution in [3.8, 4) is 17.3 Å². The molecule has 5 heterocycles. The standard InChI is InChI=1S/C33H36F3N5O2/c1-3-22-25(35)10-9-20-7-4-8-23(26(20)22)28-27(36)29-24(16-37-28)30(40-13-5-11-32(2,42)18-40)39-31(38-29)43-19-33-12-6-14-41(33)17-21(34)15-33/h4,7-10,16,21,42H,3,5-6,11-15,17-19H2,1-2H3/t21-,32-,33?/m1/s1. The highest BCUT2D eigenvalue weighted by molar-refractivity contribution is 6.00. The molecule has 2 aromatic carbocycles. The number of aliphatic hydroxyl groups is 1. The number of halogens is 3. The van der Waals surface area contributed by atoms with E-state index >= 15 is 4.39 Å². The number of pyridine rings is 1. The van der Waals surface area contributed by atoms with Crippen molar-refractivity contribution >= 4 is 27.5 Å². The van der Waals surface area contributed by atoms with Crippen molar-refractivity contribution in [2.45, 2.75) is 69.7 Å². The van der Waals surface area contributed by atoms with Gasteiger partial charge in [0, 0.05) is 37.8 Å². The molecule has 2 aromatic heterocycles. The minimum absolute atomic E-state index is 0.00510. The molecule has 0 aliphatic carbocycles. The Balaban J connectivity index is 1.37. The number of β-amino-alcohol motifs (C(OH)–C–C–N with tert-alkyl or cyclic N) is 1. The minimum Gasteiger partial charge on any atom is -0.461 e. The van der Waals surface area contributed by atoms with Gasteiger partial charge < -0.3 is 14.7 Å². The lowest BCUT2D eigenvalue weighted by molar-refractivity contribution is 0.0447. The summed E-state index contributed by atoms with van der Waals surface area (Å²) in [5, 5.41) is 12.7. The number of rotatable bonds is 6. The average molecular weight is 592 g/mol. The second-order valence-corrected chi connectivity index (χ2v) is 12.7. The summed E-state index contributed by atoms with van der Waals surface area (Å²) in [6.07, 6.45) is 4.65. The normalized spacial score (nSPS) is 26.0. The van der Waals surface area contributed by atoms with Gasteiger partial charge in [-0.3, -0.25) is 9.88 Å². The Bertz CT molecular complexity index is 1720. The summed E-state index contributed by atoms with van der Waals surface area (Å²) in [6, 6.07) is 8.57. The average Bonchev–Trinajstić information content (AvgIpc) is 3.51. The van der Waals surface area contributed by atoms with Gasteiger partial charge in [-0.05, 0) is 68.0 Å². The summed E-state index contributed by atoms with van der Waals surface area (Å²) in [5.41, 5.74) is -0.265. The number of alkyl halides is 1. The van der Waals surface area contributed by atoms with E-state index in [0.717, 1.165) is 31.2 Å². The zero-order valence-electron chi connectivity index (χ0n) is 24.5. The predicted molar refractivity (Wildman–Crippen MR) is 160 cm³/mol. The first-order valence-corrected chi connectivity index (χ1v) is 15.2. The van der Waals surface area contributed by atoms with E-state index in [1.54, 1.807) is 25.3 Å². The molecular formula is C33H36F3N5O2. The lowest BCUT2D eigenvalue weighted by Crippen LogP contribution is -2.46. The molecule has 1 N–H and O–H groups in total. The molecule has 3 atom stereocenters. The zero-order chi connectivity index (χ0) is 29.9. The van der Waals surface area contributed by atoms with E-state index in [-0.39, 0.29) is 29.6 Å². The van der Waals surface area contributed by atoms with Crippen LogP contribution in [-0.2, 0) is 6.42 Å². The number of aryl methyl sites for hydroxylation is 1. The van der Waals surface area contributed by atoms with Crippen molar-refractivity contribution in [3.63, 3.8) is 0 Å². The Morgan fingerprint density at radius 3 is 2.74 bits per heavy atom. The van der Waals surface area contributed by atoms with Gasteiger partial charge in [0.15, 0.2) is 5.82 Å². The van der Waals surface area contributed by atoms with E-state index in [0.29, 0.717) is 66.6 Å². The van der Waals surface area contributed by atoms with Gasteiger partial charge in [0.25, 0.3) is 0 Å². The number of nitrogens with zero attached hydrogens (tertiary/aromatic N) is 5. The van der Waals surface area contributed by atoms with Crippen LogP contribution in [0, 0.1) is 11.6 Å². The molecule has 7 rings (SSSR count). The third kappa shape index (κ3) is 4.88. The van der Waals surface area contributed by atoms with Crippen molar-refractivity contribution < 1.29 is 23.0 Å². The number of anilines is 1. The second kappa shape index (κ2) is 10.6. The molecule has 10 heteroatoms. The molecule has 0 amide bonds. The van der Waals surface area contributed by atoms with Crippen molar-refractivity contribution in [1.29, 1.82) is 0 Å². The monoisotopic (exact) mass is 591 g/mol. The van der Waals surface area contributed by atoms with Crippen LogP contribution in [0.5, 0.6) is 6.01 Å². The van der Waals surface area contributed by atoms with Gasteiger partial charge >= 0.3 is 6.01 Å². The molecule has 0 saturated carbocycles.